The Balaban J connectivity index is 1.66. The number of fused-ring (bicyclic) bond motifs is 2. The molecule has 1 aliphatic rings. The van der Waals surface area contributed by atoms with Crippen LogP contribution in [0, 0.1) is 13.8 Å². The predicted octanol–water partition coefficient (Wildman–Crippen LogP) is 4.26. The van der Waals surface area contributed by atoms with Crippen molar-refractivity contribution in [3.63, 3.8) is 0 Å². The van der Waals surface area contributed by atoms with E-state index in [0.29, 0.717) is 16.7 Å². The zero-order valence-electron chi connectivity index (χ0n) is 14.9. The predicted molar refractivity (Wildman–Crippen MR) is 99.5 cm³/mol. The van der Waals surface area contributed by atoms with Gasteiger partial charge in [0, 0.05) is 17.0 Å². The molecule has 0 N–H and O–H groups in total. The number of hydrogen-bond donors (Lipinski definition) is 0. The summed E-state index contributed by atoms with van der Waals surface area (Å²) >= 11 is 0. The minimum absolute atomic E-state index is 0.0487. The Morgan fingerprint density at radius 1 is 1.08 bits per heavy atom. The van der Waals surface area contributed by atoms with Crippen LogP contribution in [0.4, 0.5) is 0 Å². The third kappa shape index (κ3) is 3.03. The lowest BCUT2D eigenvalue weighted by Gasteiger charge is -2.10. The number of aryl methyl sites for hydroxylation is 4. The highest BCUT2D eigenvalue weighted by molar-refractivity contribution is 5.91. The van der Waals surface area contributed by atoms with Gasteiger partial charge >= 0.3 is 11.6 Å². The van der Waals surface area contributed by atoms with Gasteiger partial charge in [0.15, 0.2) is 0 Å². The third-order valence-corrected chi connectivity index (χ3v) is 5.01. The van der Waals surface area contributed by atoms with Crippen molar-refractivity contribution in [1.82, 2.24) is 0 Å². The maximum absolute atomic E-state index is 12.5. The van der Waals surface area contributed by atoms with Crippen LogP contribution < -0.4 is 5.63 Å². The molecule has 0 fully saturated rings. The average Bonchev–Trinajstić information content (AvgIpc) is 3.07. The molecule has 0 radical (unpaired) electrons. The lowest BCUT2D eigenvalue weighted by atomic mass is 10.0. The summed E-state index contributed by atoms with van der Waals surface area (Å²) in [5.41, 5.74) is 5.78. The summed E-state index contributed by atoms with van der Waals surface area (Å²) in [7, 11) is 0. The van der Waals surface area contributed by atoms with Crippen molar-refractivity contribution in [3.8, 4) is 0 Å². The maximum Gasteiger partial charge on any atom is 0.338 e. The Labute approximate surface area is 151 Å². The van der Waals surface area contributed by atoms with E-state index in [-0.39, 0.29) is 12.6 Å². The van der Waals surface area contributed by atoms with Gasteiger partial charge in [0.1, 0.15) is 12.2 Å². The van der Waals surface area contributed by atoms with E-state index >= 15 is 0 Å². The van der Waals surface area contributed by atoms with Gasteiger partial charge in [-0.2, -0.15) is 0 Å². The van der Waals surface area contributed by atoms with Crippen LogP contribution in [0.2, 0.25) is 0 Å². The molecule has 0 unspecified atom stereocenters. The first-order valence-electron chi connectivity index (χ1n) is 8.84. The molecule has 0 amide bonds. The third-order valence-electron chi connectivity index (χ3n) is 5.01. The summed E-state index contributed by atoms with van der Waals surface area (Å²) in [5, 5.41) is 0.846. The number of carbonyl (C=O) groups is 1. The van der Waals surface area contributed by atoms with E-state index in [0.717, 1.165) is 35.8 Å². The van der Waals surface area contributed by atoms with Crippen molar-refractivity contribution in [1.29, 1.82) is 0 Å². The van der Waals surface area contributed by atoms with Crippen LogP contribution in [0.5, 0.6) is 0 Å². The number of rotatable bonds is 3. The molecule has 2 aromatic carbocycles. The van der Waals surface area contributed by atoms with Gasteiger partial charge < -0.3 is 9.15 Å². The van der Waals surface area contributed by atoms with Crippen molar-refractivity contribution < 1.29 is 13.9 Å². The molecule has 1 aromatic heterocycles. The number of benzene rings is 2. The van der Waals surface area contributed by atoms with E-state index < -0.39 is 5.63 Å². The summed E-state index contributed by atoms with van der Waals surface area (Å²) in [5.74, 6) is -0.381. The first kappa shape index (κ1) is 16.6. The fraction of sp³-hybridized carbons (Fsp3) is 0.273. The minimum atomic E-state index is -0.423. The fourth-order valence-corrected chi connectivity index (χ4v) is 3.59. The van der Waals surface area contributed by atoms with Gasteiger partial charge in [-0.05, 0) is 68.0 Å². The smallest absolute Gasteiger partial charge is 0.338 e. The van der Waals surface area contributed by atoms with Gasteiger partial charge in [-0.3, -0.25) is 0 Å². The highest BCUT2D eigenvalue weighted by Crippen LogP contribution is 2.29. The van der Waals surface area contributed by atoms with Crippen LogP contribution in [-0.2, 0) is 24.2 Å². The van der Waals surface area contributed by atoms with Gasteiger partial charge in [-0.15, -0.1) is 0 Å². The Bertz CT molecular complexity index is 1080. The Hall–Kier alpha value is -2.88. The molecule has 0 saturated heterocycles. The normalized spacial score (nSPS) is 13.0. The van der Waals surface area contributed by atoms with E-state index in [1.165, 1.54) is 17.2 Å². The van der Waals surface area contributed by atoms with Gasteiger partial charge in [0.05, 0.1) is 5.56 Å². The van der Waals surface area contributed by atoms with Crippen LogP contribution in [0.25, 0.3) is 11.0 Å². The lowest BCUT2D eigenvalue weighted by molar-refractivity contribution is 0.0473. The molecule has 0 bridgehead atoms. The molecule has 3 aromatic rings. The summed E-state index contributed by atoms with van der Waals surface area (Å²) in [6.07, 6.45) is 3.17. The van der Waals surface area contributed by atoms with Gasteiger partial charge in [-0.1, -0.05) is 17.7 Å². The maximum atomic E-state index is 12.5. The van der Waals surface area contributed by atoms with Gasteiger partial charge in [0.25, 0.3) is 0 Å². The molecular formula is C22H20O4. The molecule has 1 aliphatic carbocycles. The topological polar surface area (TPSA) is 56.5 Å². The molecule has 0 saturated carbocycles. The lowest BCUT2D eigenvalue weighted by Crippen LogP contribution is -2.09. The van der Waals surface area contributed by atoms with Crippen molar-refractivity contribution >= 4 is 16.9 Å². The minimum Gasteiger partial charge on any atom is -0.457 e. The van der Waals surface area contributed by atoms with Crippen molar-refractivity contribution in [2.24, 2.45) is 0 Å². The molecule has 132 valence electrons. The standard InChI is InChI=1S/C22H20O4/c1-13-6-7-14(2)18(8-13)22(24)25-12-17-11-21(23)26-20-10-16-5-3-4-15(16)9-19(17)20/h6-11H,3-5,12H2,1-2H3. The molecule has 26 heavy (non-hydrogen) atoms. The fourth-order valence-electron chi connectivity index (χ4n) is 3.59. The number of ether oxygens (including phenoxy) is 1. The van der Waals surface area contributed by atoms with E-state index in [4.69, 9.17) is 9.15 Å². The molecule has 4 heteroatoms. The zero-order valence-corrected chi connectivity index (χ0v) is 14.9. The van der Waals surface area contributed by atoms with Crippen molar-refractivity contribution in [2.75, 3.05) is 0 Å². The SMILES string of the molecule is Cc1ccc(C)c(C(=O)OCc2cc(=O)oc3cc4c(cc23)CCC4)c1. The summed E-state index contributed by atoms with van der Waals surface area (Å²) in [4.78, 5) is 24.4. The van der Waals surface area contributed by atoms with Crippen molar-refractivity contribution in [2.45, 2.75) is 39.7 Å². The van der Waals surface area contributed by atoms with Crippen LogP contribution >= 0.6 is 0 Å². The highest BCUT2D eigenvalue weighted by Gasteiger charge is 2.17. The van der Waals surface area contributed by atoms with Crippen LogP contribution in [-0.4, -0.2) is 5.97 Å². The van der Waals surface area contributed by atoms with Crippen LogP contribution in [0.15, 0.2) is 45.6 Å². The van der Waals surface area contributed by atoms with E-state index in [9.17, 15) is 9.59 Å². The second kappa shape index (κ2) is 6.45. The number of carbonyl (C=O) groups excluding carboxylic acids is 1. The van der Waals surface area contributed by atoms with Crippen molar-refractivity contribution in [3.05, 3.63) is 80.2 Å². The molecule has 0 spiro atoms. The molecule has 1 heterocycles. The number of esters is 1. The van der Waals surface area contributed by atoms with Crippen LogP contribution in [0.3, 0.4) is 0 Å². The summed E-state index contributed by atoms with van der Waals surface area (Å²) < 4.78 is 10.9. The summed E-state index contributed by atoms with van der Waals surface area (Å²) in [6, 6.07) is 11.1. The Morgan fingerprint density at radius 2 is 1.85 bits per heavy atom. The summed E-state index contributed by atoms with van der Waals surface area (Å²) in [6.45, 7) is 3.87. The van der Waals surface area contributed by atoms with Crippen LogP contribution in [0.1, 0.15) is 44.6 Å². The molecule has 4 rings (SSSR count). The van der Waals surface area contributed by atoms with E-state index in [1.807, 2.05) is 38.1 Å². The zero-order chi connectivity index (χ0) is 18.3. The Morgan fingerprint density at radius 3 is 2.65 bits per heavy atom. The quantitative estimate of drug-likeness (QED) is 0.524. The molecular weight excluding hydrogens is 328 g/mol. The average molecular weight is 348 g/mol. The molecule has 4 nitrogen and oxygen atoms in total. The largest absolute Gasteiger partial charge is 0.457 e. The van der Waals surface area contributed by atoms with Gasteiger partial charge in [-0.25, -0.2) is 9.59 Å². The first-order chi connectivity index (χ1) is 12.5. The second-order valence-electron chi connectivity index (χ2n) is 6.96. The highest BCUT2D eigenvalue weighted by atomic mass is 16.5. The Kier molecular flexibility index (Phi) is 4.11. The second-order valence-corrected chi connectivity index (χ2v) is 6.96. The monoisotopic (exact) mass is 348 g/mol. The molecule has 0 aliphatic heterocycles. The molecule has 0 atom stereocenters. The number of hydrogen-bond acceptors (Lipinski definition) is 4. The van der Waals surface area contributed by atoms with Gasteiger partial charge in [0.2, 0.25) is 0 Å². The first-order valence-corrected chi connectivity index (χ1v) is 8.84. The van der Waals surface area contributed by atoms with E-state index in [1.54, 1.807) is 0 Å². The van der Waals surface area contributed by atoms with E-state index in [2.05, 4.69) is 6.07 Å².